The second-order valence-electron chi connectivity index (χ2n) is 6.42. The Kier molecular flexibility index (Phi) is 6.04. The number of anilines is 2. The number of carbonyl (C=O) groups excluding carboxylic acids is 1. The first kappa shape index (κ1) is 18.9. The third-order valence-corrected chi connectivity index (χ3v) is 4.25. The molecule has 3 rings (SSSR count). The van der Waals surface area contributed by atoms with Gasteiger partial charge < -0.3 is 10.6 Å². The molecule has 0 bridgehead atoms. The van der Waals surface area contributed by atoms with Gasteiger partial charge in [-0.15, -0.1) is 0 Å². The van der Waals surface area contributed by atoms with E-state index in [1.807, 2.05) is 50.2 Å². The molecule has 2 N–H and O–H groups in total. The summed E-state index contributed by atoms with van der Waals surface area (Å²) < 4.78 is 0. The fourth-order valence-electron chi connectivity index (χ4n) is 2.76. The van der Waals surface area contributed by atoms with Crippen molar-refractivity contribution in [1.29, 1.82) is 0 Å². The third-order valence-electron chi connectivity index (χ3n) is 4.00. The van der Waals surface area contributed by atoms with Crippen LogP contribution in [-0.4, -0.2) is 22.4 Å². The van der Waals surface area contributed by atoms with Gasteiger partial charge in [-0.1, -0.05) is 29.8 Å². The van der Waals surface area contributed by atoms with E-state index in [0.29, 0.717) is 12.4 Å². The second kappa shape index (κ2) is 8.64. The highest BCUT2D eigenvalue weighted by Crippen LogP contribution is 2.15. The first-order valence-corrected chi connectivity index (χ1v) is 9.07. The molecule has 0 saturated carbocycles. The molecule has 1 heterocycles. The minimum Gasteiger partial charge on any atom is -0.368 e. The van der Waals surface area contributed by atoms with Crippen LogP contribution in [0.2, 0.25) is 5.02 Å². The van der Waals surface area contributed by atoms with Crippen LogP contribution in [0.3, 0.4) is 0 Å². The van der Waals surface area contributed by atoms with Gasteiger partial charge >= 0.3 is 0 Å². The van der Waals surface area contributed by atoms with E-state index in [2.05, 4.69) is 26.7 Å². The molecule has 5 nitrogen and oxygen atoms in total. The van der Waals surface area contributed by atoms with Crippen molar-refractivity contribution in [3.05, 3.63) is 82.3 Å². The van der Waals surface area contributed by atoms with Gasteiger partial charge in [0.05, 0.1) is 12.4 Å². The van der Waals surface area contributed by atoms with E-state index < -0.39 is 0 Å². The third kappa shape index (κ3) is 5.53. The summed E-state index contributed by atoms with van der Waals surface area (Å²) in [5.41, 5.74) is 4.40. The summed E-state index contributed by atoms with van der Waals surface area (Å²) in [6.45, 7) is 4.70. The zero-order valence-electron chi connectivity index (χ0n) is 15.3. The van der Waals surface area contributed by atoms with E-state index in [9.17, 15) is 4.79 Å². The average molecular weight is 381 g/mol. The van der Waals surface area contributed by atoms with Gasteiger partial charge in [0.2, 0.25) is 0 Å². The Morgan fingerprint density at radius 3 is 2.33 bits per heavy atom. The van der Waals surface area contributed by atoms with E-state index in [1.54, 1.807) is 6.20 Å². The van der Waals surface area contributed by atoms with Crippen LogP contribution in [0, 0.1) is 13.8 Å². The van der Waals surface area contributed by atoms with Crippen molar-refractivity contribution < 1.29 is 4.79 Å². The van der Waals surface area contributed by atoms with Crippen LogP contribution in [0.4, 0.5) is 11.5 Å². The molecule has 1 amide bonds. The molecule has 1 aromatic heterocycles. The molecule has 0 radical (unpaired) electrons. The van der Waals surface area contributed by atoms with Gasteiger partial charge in [-0.25, -0.2) is 9.97 Å². The number of benzene rings is 2. The zero-order chi connectivity index (χ0) is 19.2. The summed E-state index contributed by atoms with van der Waals surface area (Å²) in [6, 6.07) is 13.6. The molecular formula is C21H21ClN4O. The zero-order valence-corrected chi connectivity index (χ0v) is 16.0. The van der Waals surface area contributed by atoms with Gasteiger partial charge in [0.15, 0.2) is 0 Å². The number of nitrogens with zero attached hydrogens (tertiary/aromatic N) is 2. The van der Waals surface area contributed by atoms with Crippen molar-refractivity contribution in [3.63, 3.8) is 0 Å². The highest BCUT2D eigenvalue weighted by Gasteiger charge is 2.09. The van der Waals surface area contributed by atoms with E-state index >= 15 is 0 Å². The van der Waals surface area contributed by atoms with Crippen molar-refractivity contribution >= 4 is 29.0 Å². The smallest absolute Gasteiger partial charge is 0.275 e. The number of halogens is 1. The summed E-state index contributed by atoms with van der Waals surface area (Å²) in [7, 11) is 0. The molecule has 138 valence electrons. The van der Waals surface area contributed by atoms with Crippen molar-refractivity contribution in [3.8, 4) is 0 Å². The van der Waals surface area contributed by atoms with E-state index in [1.165, 1.54) is 11.8 Å². The van der Waals surface area contributed by atoms with Gasteiger partial charge in [-0.2, -0.15) is 0 Å². The minimum atomic E-state index is -0.278. The number of rotatable bonds is 6. The van der Waals surface area contributed by atoms with Crippen molar-refractivity contribution in [2.45, 2.75) is 20.3 Å². The summed E-state index contributed by atoms with van der Waals surface area (Å²) in [5.74, 6) is 0.354. The highest BCUT2D eigenvalue weighted by atomic mass is 35.5. The predicted molar refractivity (Wildman–Crippen MR) is 110 cm³/mol. The molecule has 0 aliphatic rings. The van der Waals surface area contributed by atoms with Gasteiger partial charge in [-0.3, -0.25) is 4.79 Å². The lowest BCUT2D eigenvalue weighted by atomic mass is 10.1. The summed E-state index contributed by atoms with van der Waals surface area (Å²) >= 11 is 5.88. The lowest BCUT2D eigenvalue weighted by Crippen LogP contribution is -2.15. The number of hydrogen-bond acceptors (Lipinski definition) is 4. The molecule has 0 aliphatic heterocycles. The minimum absolute atomic E-state index is 0.275. The van der Waals surface area contributed by atoms with Gasteiger partial charge in [-0.05, 0) is 61.2 Å². The Balaban J connectivity index is 1.54. The van der Waals surface area contributed by atoms with Crippen molar-refractivity contribution in [2.24, 2.45) is 0 Å². The number of hydrogen-bond donors (Lipinski definition) is 2. The Hall–Kier alpha value is -2.92. The van der Waals surface area contributed by atoms with Gasteiger partial charge in [0.1, 0.15) is 11.5 Å². The second-order valence-corrected chi connectivity index (χ2v) is 6.86. The predicted octanol–water partition coefficient (Wildman–Crippen LogP) is 4.65. The van der Waals surface area contributed by atoms with Crippen LogP contribution < -0.4 is 10.6 Å². The summed E-state index contributed by atoms with van der Waals surface area (Å²) in [4.78, 5) is 20.8. The number of carbonyl (C=O) groups is 1. The number of aryl methyl sites for hydroxylation is 2. The fraction of sp³-hybridized carbons (Fsp3) is 0.190. The standard InChI is InChI=1S/C21H21ClN4O/c1-14-9-15(2)11-18(10-14)26-21(27)19-12-25-20(13-24-19)23-8-7-16-3-5-17(22)6-4-16/h3-6,9-13H,7-8H2,1-2H3,(H,23,25)(H,26,27). The molecule has 0 fully saturated rings. The Bertz CT molecular complexity index is 904. The topological polar surface area (TPSA) is 66.9 Å². The molecule has 3 aromatic rings. The molecule has 6 heteroatoms. The quantitative estimate of drug-likeness (QED) is 0.653. The molecule has 0 unspecified atom stereocenters. The Labute approximate surface area is 163 Å². The number of aromatic nitrogens is 2. The molecule has 0 saturated heterocycles. The van der Waals surface area contributed by atoms with Gasteiger partial charge in [0, 0.05) is 17.3 Å². The normalized spacial score (nSPS) is 10.5. The molecule has 0 spiro atoms. The van der Waals surface area contributed by atoms with Gasteiger partial charge in [0.25, 0.3) is 5.91 Å². The molecule has 2 aromatic carbocycles. The SMILES string of the molecule is Cc1cc(C)cc(NC(=O)c2cnc(NCCc3ccc(Cl)cc3)cn2)c1. The maximum atomic E-state index is 12.3. The largest absolute Gasteiger partial charge is 0.368 e. The molecule has 27 heavy (non-hydrogen) atoms. The van der Waals surface area contributed by atoms with Crippen molar-refractivity contribution in [1.82, 2.24) is 9.97 Å². The van der Waals surface area contributed by atoms with Crippen LogP contribution in [0.15, 0.2) is 54.9 Å². The highest BCUT2D eigenvalue weighted by molar-refractivity contribution is 6.30. The first-order chi connectivity index (χ1) is 13.0. The van der Waals surface area contributed by atoms with Crippen LogP contribution in [-0.2, 0) is 6.42 Å². The molecular weight excluding hydrogens is 360 g/mol. The van der Waals surface area contributed by atoms with Crippen LogP contribution in [0.1, 0.15) is 27.2 Å². The average Bonchev–Trinajstić information content (AvgIpc) is 2.63. The monoisotopic (exact) mass is 380 g/mol. The maximum absolute atomic E-state index is 12.3. The Morgan fingerprint density at radius 2 is 1.70 bits per heavy atom. The number of nitrogens with one attached hydrogen (secondary N) is 2. The van der Waals surface area contributed by atoms with E-state index in [4.69, 9.17) is 11.6 Å². The van der Waals surface area contributed by atoms with Crippen molar-refractivity contribution in [2.75, 3.05) is 17.2 Å². The van der Waals surface area contributed by atoms with Crippen LogP contribution in [0.25, 0.3) is 0 Å². The number of amides is 1. The van der Waals surface area contributed by atoms with E-state index in [0.717, 1.165) is 28.3 Å². The summed E-state index contributed by atoms with van der Waals surface area (Å²) in [6.07, 6.45) is 3.88. The fourth-order valence-corrected chi connectivity index (χ4v) is 2.89. The van der Waals surface area contributed by atoms with E-state index in [-0.39, 0.29) is 11.6 Å². The van der Waals surface area contributed by atoms with Crippen LogP contribution in [0.5, 0.6) is 0 Å². The van der Waals surface area contributed by atoms with Crippen LogP contribution >= 0.6 is 11.6 Å². The lowest BCUT2D eigenvalue weighted by molar-refractivity contribution is 0.102. The lowest BCUT2D eigenvalue weighted by Gasteiger charge is -2.08. The first-order valence-electron chi connectivity index (χ1n) is 8.69. The maximum Gasteiger partial charge on any atom is 0.275 e. The summed E-state index contributed by atoms with van der Waals surface area (Å²) in [5, 5.41) is 6.79. The Morgan fingerprint density at radius 1 is 1.00 bits per heavy atom. The molecule has 0 aliphatic carbocycles. The molecule has 0 atom stereocenters.